The highest BCUT2D eigenvalue weighted by Gasteiger charge is 2.26. The molecule has 0 radical (unpaired) electrons. The molecule has 5 aromatic rings. The maximum absolute atomic E-state index is 14.9. The predicted octanol–water partition coefficient (Wildman–Crippen LogP) is 2.87. The van der Waals surface area contributed by atoms with Crippen molar-refractivity contribution in [2.24, 2.45) is 0 Å². The molecule has 292 valence electrons. The first-order valence-corrected chi connectivity index (χ1v) is 18.3. The van der Waals surface area contributed by atoms with E-state index in [0.29, 0.717) is 58.4 Å². The third-order valence-electron chi connectivity index (χ3n) is 9.30. The van der Waals surface area contributed by atoms with Gasteiger partial charge in [0.05, 0.1) is 53.7 Å². The van der Waals surface area contributed by atoms with Crippen molar-refractivity contribution in [3.63, 3.8) is 0 Å². The van der Waals surface area contributed by atoms with E-state index in [1.165, 1.54) is 30.2 Å². The van der Waals surface area contributed by atoms with Crippen LogP contribution in [0, 0.1) is 17.1 Å². The van der Waals surface area contributed by atoms with Crippen molar-refractivity contribution in [1.29, 1.82) is 5.26 Å². The van der Waals surface area contributed by atoms with Crippen molar-refractivity contribution in [3.05, 3.63) is 123 Å². The van der Waals surface area contributed by atoms with Crippen LogP contribution in [0.15, 0.2) is 83.8 Å². The van der Waals surface area contributed by atoms with Crippen LogP contribution in [0.4, 0.5) is 10.1 Å². The van der Waals surface area contributed by atoms with Crippen LogP contribution in [0.5, 0.6) is 0 Å². The van der Waals surface area contributed by atoms with Crippen LogP contribution in [-0.4, -0.2) is 108 Å². The monoisotopic (exact) mass is 773 g/mol. The molecular formula is C41H40FN9O6. The van der Waals surface area contributed by atoms with Gasteiger partial charge in [-0.3, -0.25) is 24.0 Å². The minimum absolute atomic E-state index is 0.0306. The number of nitrogens with zero attached hydrogens (tertiary/aromatic N) is 5. The van der Waals surface area contributed by atoms with Gasteiger partial charge in [0.15, 0.2) is 5.69 Å². The second-order valence-corrected chi connectivity index (χ2v) is 13.2. The van der Waals surface area contributed by atoms with E-state index in [0.717, 1.165) is 0 Å². The number of nitrogens with one attached hydrogen (secondary N) is 4. The van der Waals surface area contributed by atoms with Gasteiger partial charge in [-0.2, -0.15) is 10.4 Å². The number of benzene rings is 3. The van der Waals surface area contributed by atoms with Crippen LogP contribution in [0.1, 0.15) is 44.6 Å². The van der Waals surface area contributed by atoms with Gasteiger partial charge in [-0.25, -0.2) is 14.5 Å². The Bertz CT molecular complexity index is 2410. The van der Waals surface area contributed by atoms with Crippen molar-refractivity contribution >= 4 is 40.1 Å². The molecule has 57 heavy (non-hydrogen) atoms. The summed E-state index contributed by atoms with van der Waals surface area (Å²) in [7, 11) is 0. The minimum atomic E-state index is -0.644. The van der Waals surface area contributed by atoms with E-state index in [9.17, 15) is 33.6 Å². The molecule has 1 saturated heterocycles. The number of aromatic amines is 1. The molecule has 3 heterocycles. The molecule has 4 amide bonds. The number of nitriles is 1. The number of hydrogen-bond acceptors (Lipinski definition) is 10. The maximum Gasteiger partial charge on any atom is 0.272 e. The zero-order chi connectivity index (χ0) is 40.3. The van der Waals surface area contributed by atoms with Gasteiger partial charge in [0.2, 0.25) is 11.8 Å². The molecule has 16 heteroatoms. The fraction of sp³-hybridized carbons (Fsp3) is 0.268. The third kappa shape index (κ3) is 10.1. The highest BCUT2D eigenvalue weighted by molar-refractivity contribution is 6.02. The molecule has 2 aromatic heterocycles. The molecule has 0 spiro atoms. The first kappa shape index (κ1) is 39.9. The van der Waals surface area contributed by atoms with Crippen molar-refractivity contribution in [2.45, 2.75) is 13.3 Å². The van der Waals surface area contributed by atoms with Crippen molar-refractivity contribution < 1.29 is 28.3 Å². The molecule has 0 atom stereocenters. The quantitative estimate of drug-likeness (QED) is 0.122. The van der Waals surface area contributed by atoms with Gasteiger partial charge in [-0.1, -0.05) is 36.4 Å². The van der Waals surface area contributed by atoms with Gasteiger partial charge >= 0.3 is 0 Å². The number of anilines is 1. The molecule has 0 saturated carbocycles. The number of fused-ring (bicyclic) bond motifs is 1. The Kier molecular flexibility index (Phi) is 13.1. The Labute approximate surface area is 326 Å². The molecular weight excluding hydrogens is 734 g/mol. The van der Waals surface area contributed by atoms with Gasteiger partial charge < -0.3 is 30.5 Å². The molecule has 6 rings (SSSR count). The van der Waals surface area contributed by atoms with Crippen LogP contribution in [0.25, 0.3) is 21.9 Å². The molecule has 15 nitrogen and oxygen atoms in total. The van der Waals surface area contributed by atoms with E-state index in [1.54, 1.807) is 59.5 Å². The second-order valence-electron chi connectivity index (χ2n) is 13.2. The number of pyridine rings is 1. The van der Waals surface area contributed by atoms with Gasteiger partial charge in [-0.15, -0.1) is 0 Å². The number of carbonyl (C=O) groups excluding carboxylic acids is 4. The molecule has 0 aliphatic carbocycles. The average molecular weight is 774 g/mol. The molecule has 0 unspecified atom stereocenters. The van der Waals surface area contributed by atoms with E-state index >= 15 is 0 Å². The number of ether oxygens (including phenoxy) is 1. The smallest absolute Gasteiger partial charge is 0.272 e. The Morgan fingerprint density at radius 1 is 0.912 bits per heavy atom. The number of aromatic nitrogens is 3. The fourth-order valence-corrected chi connectivity index (χ4v) is 6.41. The zero-order valence-corrected chi connectivity index (χ0v) is 31.1. The Morgan fingerprint density at radius 3 is 2.44 bits per heavy atom. The van der Waals surface area contributed by atoms with E-state index in [4.69, 9.17) is 4.74 Å². The van der Waals surface area contributed by atoms with Gasteiger partial charge in [0, 0.05) is 69.8 Å². The Balaban J connectivity index is 0.898. The van der Waals surface area contributed by atoms with Crippen LogP contribution in [0.3, 0.4) is 0 Å². The summed E-state index contributed by atoms with van der Waals surface area (Å²) in [5.74, 6) is -2.13. The molecule has 3 aromatic carbocycles. The summed E-state index contributed by atoms with van der Waals surface area (Å²) in [6, 6.07) is 22.0. The lowest BCUT2D eigenvalue weighted by Gasteiger charge is -2.35. The zero-order valence-electron chi connectivity index (χ0n) is 31.1. The number of carbonyl (C=O) groups is 4. The molecule has 1 aliphatic heterocycles. The van der Waals surface area contributed by atoms with Crippen molar-refractivity contribution in [1.82, 2.24) is 35.6 Å². The number of piperazine rings is 1. The Hall–Kier alpha value is -6.83. The number of amides is 4. The molecule has 1 aliphatic rings. The standard InChI is InChI=1S/C41H40FN9O6/c1-26(52)47-36-22-30(29-6-4-5-28(19-29)23-43)24-46-38(36)40(55)45-12-18-57-17-11-44-25-37(53)50-13-15-51(16-14-50)41(56)33-20-27(9-10-34(33)42)21-35-31-7-2-3-8-32(31)39(54)49-48-35/h2-10,19-20,22,24,44H,11-18,21,25H2,1H3,(H,45,55)(H,47,52)(H,49,54). The van der Waals surface area contributed by atoms with Gasteiger partial charge in [0.1, 0.15) is 5.82 Å². The lowest BCUT2D eigenvalue weighted by Crippen LogP contribution is -2.52. The number of H-pyrrole nitrogens is 1. The molecule has 4 N–H and O–H groups in total. The van der Waals surface area contributed by atoms with Gasteiger partial charge in [0.25, 0.3) is 17.4 Å². The minimum Gasteiger partial charge on any atom is -0.378 e. The molecule has 0 bridgehead atoms. The van der Waals surface area contributed by atoms with Crippen LogP contribution in [0.2, 0.25) is 0 Å². The van der Waals surface area contributed by atoms with Crippen LogP contribution >= 0.6 is 0 Å². The van der Waals surface area contributed by atoms with Crippen LogP contribution in [-0.2, 0) is 20.7 Å². The molecule has 1 fully saturated rings. The first-order chi connectivity index (χ1) is 27.6. The summed E-state index contributed by atoms with van der Waals surface area (Å²) in [5, 5.41) is 25.5. The lowest BCUT2D eigenvalue weighted by molar-refractivity contribution is -0.131. The summed E-state index contributed by atoms with van der Waals surface area (Å²) >= 11 is 0. The first-order valence-electron chi connectivity index (χ1n) is 18.3. The SMILES string of the molecule is CC(=O)Nc1cc(-c2cccc(C#N)c2)cnc1C(=O)NCCOCCNCC(=O)N1CCN(C(=O)c2cc(Cc3n[nH]c(=O)c4ccccc34)ccc2F)CC1. The fourth-order valence-electron chi connectivity index (χ4n) is 6.41. The van der Waals surface area contributed by atoms with E-state index in [-0.39, 0.29) is 80.1 Å². The maximum atomic E-state index is 14.9. The van der Waals surface area contributed by atoms with Crippen molar-refractivity contribution in [3.8, 4) is 17.2 Å². The number of hydrogen-bond donors (Lipinski definition) is 4. The number of halogens is 1. The summed E-state index contributed by atoms with van der Waals surface area (Å²) in [4.78, 5) is 70.6. The van der Waals surface area contributed by atoms with E-state index in [2.05, 4.69) is 37.2 Å². The summed E-state index contributed by atoms with van der Waals surface area (Å²) in [5.41, 5.74) is 2.96. The van der Waals surface area contributed by atoms with Crippen molar-refractivity contribution in [2.75, 3.05) is 64.3 Å². The normalized spacial score (nSPS) is 12.6. The predicted molar refractivity (Wildman–Crippen MR) is 209 cm³/mol. The highest BCUT2D eigenvalue weighted by Crippen LogP contribution is 2.25. The Morgan fingerprint density at radius 2 is 1.67 bits per heavy atom. The topological polar surface area (TPSA) is 203 Å². The average Bonchev–Trinajstić information content (AvgIpc) is 3.23. The van der Waals surface area contributed by atoms with E-state index < -0.39 is 17.6 Å². The second kappa shape index (κ2) is 18.7. The third-order valence-corrected chi connectivity index (χ3v) is 9.30. The summed E-state index contributed by atoms with van der Waals surface area (Å²) in [6.45, 7) is 3.49. The highest BCUT2D eigenvalue weighted by atomic mass is 19.1. The summed E-state index contributed by atoms with van der Waals surface area (Å²) in [6.07, 6.45) is 1.78. The van der Waals surface area contributed by atoms with E-state index in [1.807, 2.05) is 6.07 Å². The number of rotatable bonds is 14. The largest absolute Gasteiger partial charge is 0.378 e. The lowest BCUT2D eigenvalue weighted by atomic mass is 10.0. The summed E-state index contributed by atoms with van der Waals surface area (Å²) < 4.78 is 20.5. The van der Waals surface area contributed by atoms with Crippen LogP contribution < -0.4 is 21.5 Å². The van der Waals surface area contributed by atoms with Gasteiger partial charge in [-0.05, 0) is 47.5 Å².